The van der Waals surface area contributed by atoms with Crippen molar-refractivity contribution in [3.63, 3.8) is 0 Å². The fourth-order valence-electron chi connectivity index (χ4n) is 4.03. The third-order valence-corrected chi connectivity index (χ3v) is 8.33. The van der Waals surface area contributed by atoms with E-state index in [0.717, 1.165) is 5.56 Å². The second-order valence-electron chi connectivity index (χ2n) is 7.99. The fraction of sp³-hybridized carbons (Fsp3) is 0.391. The molecule has 1 aliphatic rings. The zero-order valence-corrected chi connectivity index (χ0v) is 18.9. The van der Waals surface area contributed by atoms with Gasteiger partial charge in [-0.15, -0.1) is 0 Å². The Hall–Kier alpha value is -2.87. The Kier molecular flexibility index (Phi) is 6.69. The molecule has 1 saturated carbocycles. The first-order chi connectivity index (χ1) is 14.7. The molecule has 166 valence electrons. The lowest BCUT2D eigenvalue weighted by molar-refractivity contribution is -0.118. The van der Waals surface area contributed by atoms with Gasteiger partial charge in [-0.1, -0.05) is 31.0 Å². The van der Waals surface area contributed by atoms with Gasteiger partial charge in [0.05, 0.1) is 4.90 Å². The van der Waals surface area contributed by atoms with Crippen molar-refractivity contribution in [3.8, 4) is 0 Å². The van der Waals surface area contributed by atoms with Crippen LogP contribution in [0.3, 0.4) is 0 Å². The molecule has 3 N–H and O–H groups in total. The minimum Gasteiger partial charge on any atom is -0.338 e. The number of carbonyl (C=O) groups is 2. The molecule has 0 spiro atoms. The van der Waals surface area contributed by atoms with Crippen LogP contribution in [-0.2, 0) is 14.6 Å². The van der Waals surface area contributed by atoms with Crippen LogP contribution in [0.25, 0.3) is 0 Å². The first kappa shape index (κ1) is 22.8. The van der Waals surface area contributed by atoms with E-state index in [1.165, 1.54) is 0 Å². The van der Waals surface area contributed by atoms with Crippen molar-refractivity contribution in [1.82, 2.24) is 5.32 Å². The van der Waals surface area contributed by atoms with Crippen LogP contribution in [0.2, 0.25) is 0 Å². The molecule has 0 radical (unpaired) electrons. The minimum atomic E-state index is -3.90. The van der Waals surface area contributed by atoms with Crippen LogP contribution in [0.5, 0.6) is 0 Å². The molecule has 7 nitrogen and oxygen atoms in total. The normalized spacial score (nSPS) is 15.3. The quantitative estimate of drug-likeness (QED) is 0.623. The maximum absolute atomic E-state index is 13.7. The van der Waals surface area contributed by atoms with Crippen LogP contribution in [0.4, 0.5) is 16.2 Å². The Bertz CT molecular complexity index is 1090. The molecular weight excluding hydrogens is 414 g/mol. The smallest absolute Gasteiger partial charge is 0.319 e. The average molecular weight is 444 g/mol. The summed E-state index contributed by atoms with van der Waals surface area (Å²) < 4.78 is 25.9. The minimum absolute atomic E-state index is 0.219. The summed E-state index contributed by atoms with van der Waals surface area (Å²) in [6, 6.07) is 11.6. The Labute approximate surface area is 183 Å². The molecule has 0 heterocycles. The van der Waals surface area contributed by atoms with Gasteiger partial charge < -0.3 is 16.0 Å². The number of anilines is 2. The number of carbonyl (C=O) groups excluding carboxylic acids is 2. The molecule has 31 heavy (non-hydrogen) atoms. The van der Waals surface area contributed by atoms with Crippen molar-refractivity contribution < 1.29 is 18.0 Å². The SMILES string of the molecule is CCNC(=O)Nc1cccc(NC(=O)C2(S(=O)(=O)c3cc(C)ccc3C)CCCC2)c1. The number of hydrogen-bond acceptors (Lipinski definition) is 4. The predicted octanol–water partition coefficient (Wildman–Crippen LogP) is 4.17. The lowest BCUT2D eigenvalue weighted by Crippen LogP contribution is -2.47. The Morgan fingerprint density at radius 3 is 2.26 bits per heavy atom. The van der Waals surface area contributed by atoms with Crippen LogP contribution in [0.15, 0.2) is 47.4 Å². The van der Waals surface area contributed by atoms with E-state index in [-0.39, 0.29) is 23.8 Å². The van der Waals surface area contributed by atoms with Gasteiger partial charge in [0, 0.05) is 17.9 Å². The second kappa shape index (κ2) is 9.09. The van der Waals surface area contributed by atoms with E-state index in [9.17, 15) is 18.0 Å². The summed E-state index contributed by atoms with van der Waals surface area (Å²) in [5.74, 6) is -0.527. The molecule has 0 aliphatic heterocycles. The summed E-state index contributed by atoms with van der Waals surface area (Å²) >= 11 is 0. The summed E-state index contributed by atoms with van der Waals surface area (Å²) in [6.45, 7) is 5.89. The van der Waals surface area contributed by atoms with E-state index in [0.29, 0.717) is 36.3 Å². The summed E-state index contributed by atoms with van der Waals surface area (Å²) in [7, 11) is -3.90. The zero-order chi connectivity index (χ0) is 22.6. The van der Waals surface area contributed by atoms with Crippen LogP contribution in [0, 0.1) is 13.8 Å². The van der Waals surface area contributed by atoms with Gasteiger partial charge >= 0.3 is 6.03 Å². The van der Waals surface area contributed by atoms with Gasteiger partial charge in [-0.2, -0.15) is 0 Å². The molecule has 1 fully saturated rings. The predicted molar refractivity (Wildman–Crippen MR) is 122 cm³/mol. The van der Waals surface area contributed by atoms with Crippen LogP contribution < -0.4 is 16.0 Å². The number of rotatable bonds is 6. The highest BCUT2D eigenvalue weighted by atomic mass is 32.2. The number of hydrogen-bond donors (Lipinski definition) is 3. The molecule has 1 aliphatic carbocycles. The molecule has 0 unspecified atom stereocenters. The van der Waals surface area contributed by atoms with Gasteiger partial charge in [-0.25, -0.2) is 13.2 Å². The summed E-state index contributed by atoms with van der Waals surface area (Å²) in [5, 5.41) is 8.11. The standard InChI is InChI=1S/C23H29N3O4S/c1-4-24-22(28)26-19-9-7-8-18(15-19)25-21(27)23(12-5-6-13-23)31(29,30)20-14-16(2)10-11-17(20)3/h7-11,14-15H,4-6,12-13H2,1-3H3,(H,25,27)(H2,24,26,28). The van der Waals surface area contributed by atoms with E-state index >= 15 is 0 Å². The van der Waals surface area contributed by atoms with E-state index < -0.39 is 20.5 Å². The molecule has 0 bridgehead atoms. The Morgan fingerprint density at radius 2 is 1.61 bits per heavy atom. The molecule has 0 aromatic heterocycles. The molecule has 3 rings (SSSR count). The largest absolute Gasteiger partial charge is 0.338 e. The third kappa shape index (κ3) is 4.58. The van der Waals surface area contributed by atoms with Gasteiger partial charge in [-0.3, -0.25) is 4.79 Å². The van der Waals surface area contributed by atoms with Gasteiger partial charge in [0.2, 0.25) is 5.91 Å². The molecule has 3 amide bonds. The zero-order valence-electron chi connectivity index (χ0n) is 18.1. The van der Waals surface area contributed by atoms with Crippen molar-refractivity contribution in [1.29, 1.82) is 0 Å². The average Bonchev–Trinajstić information content (AvgIpc) is 3.22. The molecule has 0 atom stereocenters. The molecule has 8 heteroatoms. The van der Waals surface area contributed by atoms with Crippen LogP contribution in [0.1, 0.15) is 43.7 Å². The maximum atomic E-state index is 13.7. The summed E-state index contributed by atoms with van der Waals surface area (Å²) in [5.41, 5.74) is 2.41. The molecular formula is C23H29N3O4S. The van der Waals surface area contributed by atoms with Gasteiger partial charge in [0.1, 0.15) is 0 Å². The molecule has 2 aromatic carbocycles. The monoisotopic (exact) mass is 443 g/mol. The molecule has 0 saturated heterocycles. The van der Waals surface area contributed by atoms with Crippen LogP contribution >= 0.6 is 0 Å². The lowest BCUT2D eigenvalue weighted by Gasteiger charge is -2.28. The van der Waals surface area contributed by atoms with Crippen molar-refractivity contribution in [2.24, 2.45) is 0 Å². The number of aryl methyl sites for hydroxylation is 2. The van der Waals surface area contributed by atoms with Crippen molar-refractivity contribution >= 4 is 33.2 Å². The summed E-state index contributed by atoms with van der Waals surface area (Å²) in [6.07, 6.45) is 1.92. The van der Waals surface area contributed by atoms with Gasteiger partial charge in [-0.05, 0) is 69.0 Å². The maximum Gasteiger partial charge on any atom is 0.319 e. The number of amides is 3. The number of urea groups is 1. The lowest BCUT2D eigenvalue weighted by atomic mass is 10.1. The number of sulfone groups is 1. The van der Waals surface area contributed by atoms with E-state index in [2.05, 4.69) is 16.0 Å². The number of benzene rings is 2. The fourth-order valence-corrected chi connectivity index (χ4v) is 6.40. The molecule has 2 aromatic rings. The first-order valence-corrected chi connectivity index (χ1v) is 12.0. The van der Waals surface area contributed by atoms with Crippen molar-refractivity contribution in [2.45, 2.75) is 56.1 Å². The Balaban J connectivity index is 1.91. The van der Waals surface area contributed by atoms with Crippen molar-refractivity contribution in [3.05, 3.63) is 53.6 Å². The first-order valence-electron chi connectivity index (χ1n) is 10.5. The highest BCUT2D eigenvalue weighted by Crippen LogP contribution is 2.42. The van der Waals surface area contributed by atoms with Gasteiger partial charge in [0.25, 0.3) is 0 Å². The van der Waals surface area contributed by atoms with E-state index in [4.69, 9.17) is 0 Å². The van der Waals surface area contributed by atoms with Crippen molar-refractivity contribution in [2.75, 3.05) is 17.2 Å². The summed E-state index contributed by atoms with van der Waals surface area (Å²) in [4.78, 5) is 25.4. The van der Waals surface area contributed by atoms with E-state index in [1.54, 1.807) is 43.3 Å². The Morgan fingerprint density at radius 1 is 0.968 bits per heavy atom. The highest BCUT2D eigenvalue weighted by molar-refractivity contribution is 7.93. The van der Waals surface area contributed by atoms with Gasteiger partial charge in [0.15, 0.2) is 14.6 Å². The van der Waals surface area contributed by atoms with E-state index in [1.807, 2.05) is 19.9 Å². The number of nitrogens with one attached hydrogen (secondary N) is 3. The third-order valence-electron chi connectivity index (χ3n) is 5.69. The van der Waals surface area contributed by atoms with Crippen LogP contribution in [-0.4, -0.2) is 31.6 Å². The topological polar surface area (TPSA) is 104 Å². The highest BCUT2D eigenvalue weighted by Gasteiger charge is 2.53. The second-order valence-corrected chi connectivity index (χ2v) is 10.2.